The van der Waals surface area contributed by atoms with E-state index in [1.807, 2.05) is 0 Å². The van der Waals surface area contributed by atoms with Crippen LogP contribution in [0, 0.1) is 5.41 Å². The molecule has 4 heteroatoms. The second-order valence-electron chi connectivity index (χ2n) is 4.48. The number of hydrogen-bond acceptors (Lipinski definition) is 4. The predicted octanol–water partition coefficient (Wildman–Crippen LogP) is 4.04. The first-order valence-electron chi connectivity index (χ1n) is 5.44. The highest BCUT2D eigenvalue weighted by atomic mass is 32.1. The third-order valence-electron chi connectivity index (χ3n) is 2.94. The van der Waals surface area contributed by atoms with Crippen LogP contribution in [0.3, 0.4) is 0 Å². The van der Waals surface area contributed by atoms with Crippen molar-refractivity contribution in [1.82, 2.24) is 0 Å². The number of nitrogens with zero attached hydrogens (tertiary/aromatic N) is 2. The Hall–Kier alpha value is -1.26. The lowest BCUT2D eigenvalue weighted by atomic mass is 9.81. The van der Waals surface area contributed by atoms with Gasteiger partial charge in [-0.25, -0.2) is 0 Å². The molecular formula is C13H12N2S2. The average molecular weight is 260 g/mol. The van der Waals surface area contributed by atoms with Gasteiger partial charge in [-0.1, -0.05) is 12.1 Å². The molecule has 17 heavy (non-hydrogen) atoms. The smallest absolute Gasteiger partial charge is 0.0919 e. The van der Waals surface area contributed by atoms with Crippen LogP contribution in [0.4, 0.5) is 0 Å². The molecule has 0 saturated heterocycles. The number of thiophene rings is 2. The van der Waals surface area contributed by atoms with Crippen LogP contribution in [-0.2, 0) is 0 Å². The normalized spacial score (nSPS) is 18.0. The largest absolute Gasteiger partial charge is 0.153 e. The maximum Gasteiger partial charge on any atom is 0.0919 e. The van der Waals surface area contributed by atoms with E-state index in [1.165, 1.54) is 9.75 Å². The van der Waals surface area contributed by atoms with E-state index in [9.17, 15) is 0 Å². The molecule has 0 N–H and O–H groups in total. The summed E-state index contributed by atoms with van der Waals surface area (Å²) >= 11 is 3.44. The van der Waals surface area contributed by atoms with Crippen molar-refractivity contribution < 1.29 is 0 Å². The fraction of sp³-hybridized carbons (Fsp3) is 0.231. The lowest BCUT2D eigenvalue weighted by Gasteiger charge is -2.21. The van der Waals surface area contributed by atoms with Crippen LogP contribution >= 0.6 is 22.7 Å². The van der Waals surface area contributed by atoms with Crippen molar-refractivity contribution in [2.45, 2.75) is 13.8 Å². The Balaban J connectivity index is 2.00. The second-order valence-corrected chi connectivity index (χ2v) is 6.37. The van der Waals surface area contributed by atoms with Crippen LogP contribution in [0.1, 0.15) is 23.6 Å². The molecule has 2 aromatic rings. The molecule has 0 radical (unpaired) electrons. The molecular weight excluding hydrogens is 248 g/mol. The Labute approximate surface area is 108 Å². The van der Waals surface area contributed by atoms with Gasteiger partial charge in [-0.2, -0.15) is 10.2 Å². The standard InChI is InChI=1S/C13H12N2S2/c1-13(2)11(9-5-3-7-16-9)14-15-12(13)10-6-4-8-17-10/h3-8H,1-2H3. The van der Waals surface area contributed by atoms with E-state index in [0.29, 0.717) is 0 Å². The predicted molar refractivity (Wildman–Crippen MR) is 75.5 cm³/mol. The van der Waals surface area contributed by atoms with Gasteiger partial charge in [0.05, 0.1) is 26.6 Å². The molecule has 0 aliphatic carbocycles. The van der Waals surface area contributed by atoms with Gasteiger partial charge in [0, 0.05) is 0 Å². The van der Waals surface area contributed by atoms with Crippen molar-refractivity contribution in [3.05, 3.63) is 44.8 Å². The molecule has 2 nitrogen and oxygen atoms in total. The second kappa shape index (κ2) is 3.89. The summed E-state index contributed by atoms with van der Waals surface area (Å²) in [5.74, 6) is 0. The topological polar surface area (TPSA) is 24.7 Å². The summed E-state index contributed by atoms with van der Waals surface area (Å²) in [5, 5.41) is 12.9. The molecule has 3 heterocycles. The first-order valence-corrected chi connectivity index (χ1v) is 7.20. The van der Waals surface area contributed by atoms with Gasteiger partial charge in [0.15, 0.2) is 0 Å². The fourth-order valence-electron chi connectivity index (χ4n) is 2.00. The third-order valence-corrected chi connectivity index (χ3v) is 4.70. The van der Waals surface area contributed by atoms with E-state index in [4.69, 9.17) is 0 Å². The quantitative estimate of drug-likeness (QED) is 0.778. The van der Waals surface area contributed by atoms with Crippen LogP contribution in [0.5, 0.6) is 0 Å². The summed E-state index contributed by atoms with van der Waals surface area (Å²) in [4.78, 5) is 2.43. The molecule has 1 aliphatic heterocycles. The Kier molecular flexibility index (Phi) is 2.49. The van der Waals surface area contributed by atoms with E-state index >= 15 is 0 Å². The minimum Gasteiger partial charge on any atom is -0.153 e. The van der Waals surface area contributed by atoms with Gasteiger partial charge >= 0.3 is 0 Å². The zero-order valence-corrected chi connectivity index (χ0v) is 11.3. The van der Waals surface area contributed by atoms with E-state index < -0.39 is 0 Å². The molecule has 0 bridgehead atoms. The monoisotopic (exact) mass is 260 g/mol. The van der Waals surface area contributed by atoms with Crippen LogP contribution in [0.15, 0.2) is 45.2 Å². The van der Waals surface area contributed by atoms with Gasteiger partial charge in [0.25, 0.3) is 0 Å². The van der Waals surface area contributed by atoms with Crippen molar-refractivity contribution in [3.8, 4) is 0 Å². The molecule has 1 aliphatic rings. The van der Waals surface area contributed by atoms with E-state index in [0.717, 1.165) is 11.4 Å². The molecule has 0 amide bonds. The van der Waals surface area contributed by atoms with E-state index in [1.54, 1.807) is 22.7 Å². The van der Waals surface area contributed by atoms with Gasteiger partial charge in [-0.15, -0.1) is 22.7 Å². The number of hydrogen-bond donors (Lipinski definition) is 0. The summed E-state index contributed by atoms with van der Waals surface area (Å²) in [5.41, 5.74) is 2.06. The highest BCUT2D eigenvalue weighted by molar-refractivity contribution is 7.13. The summed E-state index contributed by atoms with van der Waals surface area (Å²) in [6, 6.07) is 8.33. The van der Waals surface area contributed by atoms with E-state index in [-0.39, 0.29) is 5.41 Å². The van der Waals surface area contributed by atoms with Crippen molar-refractivity contribution in [1.29, 1.82) is 0 Å². The van der Waals surface area contributed by atoms with Gasteiger partial charge in [0.2, 0.25) is 0 Å². The Morgan fingerprint density at radius 2 is 1.35 bits per heavy atom. The molecule has 3 rings (SSSR count). The van der Waals surface area contributed by atoms with Crippen molar-refractivity contribution in [2.24, 2.45) is 15.6 Å². The lowest BCUT2D eigenvalue weighted by molar-refractivity contribution is 0.748. The summed E-state index contributed by atoms with van der Waals surface area (Å²) in [6.45, 7) is 4.38. The number of rotatable bonds is 2. The lowest BCUT2D eigenvalue weighted by Crippen LogP contribution is -2.30. The summed E-state index contributed by atoms with van der Waals surface area (Å²) in [6.07, 6.45) is 0. The third kappa shape index (κ3) is 1.68. The fourth-order valence-corrected chi connectivity index (χ4v) is 3.74. The molecule has 0 atom stereocenters. The molecule has 0 aromatic carbocycles. The zero-order chi connectivity index (χ0) is 11.9. The Morgan fingerprint density at radius 1 is 0.882 bits per heavy atom. The van der Waals surface area contributed by atoms with Crippen LogP contribution in [-0.4, -0.2) is 11.4 Å². The van der Waals surface area contributed by atoms with Gasteiger partial charge in [-0.3, -0.25) is 0 Å². The maximum absolute atomic E-state index is 4.39. The summed E-state index contributed by atoms with van der Waals surface area (Å²) in [7, 11) is 0. The maximum atomic E-state index is 4.39. The van der Waals surface area contributed by atoms with Crippen molar-refractivity contribution >= 4 is 34.1 Å². The van der Waals surface area contributed by atoms with Crippen molar-refractivity contribution in [2.75, 3.05) is 0 Å². The first-order chi connectivity index (χ1) is 8.19. The first kappa shape index (κ1) is 10.9. The summed E-state index contributed by atoms with van der Waals surface area (Å²) < 4.78 is 0. The minimum absolute atomic E-state index is 0.101. The van der Waals surface area contributed by atoms with Crippen molar-refractivity contribution in [3.63, 3.8) is 0 Å². The average Bonchev–Trinajstić information content (AvgIpc) is 2.96. The van der Waals surface area contributed by atoms with Crippen LogP contribution < -0.4 is 0 Å². The van der Waals surface area contributed by atoms with Crippen LogP contribution in [0.2, 0.25) is 0 Å². The molecule has 0 unspecified atom stereocenters. The van der Waals surface area contributed by atoms with E-state index in [2.05, 4.69) is 59.1 Å². The molecule has 0 spiro atoms. The Morgan fingerprint density at radius 3 is 1.71 bits per heavy atom. The molecule has 0 fully saturated rings. The highest BCUT2D eigenvalue weighted by Crippen LogP contribution is 2.35. The van der Waals surface area contributed by atoms with Gasteiger partial charge in [0.1, 0.15) is 0 Å². The van der Waals surface area contributed by atoms with Gasteiger partial charge < -0.3 is 0 Å². The highest BCUT2D eigenvalue weighted by Gasteiger charge is 2.38. The SMILES string of the molecule is CC1(C)C(c2cccs2)=NN=C1c1cccs1. The van der Waals surface area contributed by atoms with Gasteiger partial charge in [-0.05, 0) is 36.7 Å². The molecule has 0 saturated carbocycles. The Bertz CT molecular complexity index is 523. The zero-order valence-electron chi connectivity index (χ0n) is 9.68. The van der Waals surface area contributed by atoms with Crippen LogP contribution in [0.25, 0.3) is 0 Å². The molecule has 2 aromatic heterocycles. The minimum atomic E-state index is -0.101. The molecule has 86 valence electrons.